The highest BCUT2D eigenvalue weighted by molar-refractivity contribution is 9.10. The number of sulfonamides is 1. The molecule has 0 spiro atoms. The molecule has 0 radical (unpaired) electrons. The monoisotopic (exact) mass is 518 g/mol. The first-order valence-corrected chi connectivity index (χ1v) is 12.2. The molecule has 0 aliphatic heterocycles. The zero-order valence-electron chi connectivity index (χ0n) is 17.8. The Morgan fingerprint density at radius 2 is 1.75 bits per heavy atom. The van der Waals surface area contributed by atoms with Crippen molar-refractivity contribution in [1.29, 1.82) is 0 Å². The average molecular weight is 519 g/mol. The van der Waals surface area contributed by atoms with Gasteiger partial charge in [-0.25, -0.2) is 12.8 Å². The lowest BCUT2D eigenvalue weighted by atomic mass is 10.1. The van der Waals surface area contributed by atoms with Crippen molar-refractivity contribution in [3.05, 3.63) is 99.8 Å². The molecule has 0 heterocycles. The number of hydrogen-bond acceptors (Lipinski definition) is 3. The summed E-state index contributed by atoms with van der Waals surface area (Å²) in [6, 6.07) is 19.4. The van der Waals surface area contributed by atoms with E-state index in [9.17, 15) is 17.6 Å². The molecule has 32 heavy (non-hydrogen) atoms. The summed E-state index contributed by atoms with van der Waals surface area (Å²) < 4.78 is 42.8. The van der Waals surface area contributed by atoms with Gasteiger partial charge >= 0.3 is 0 Å². The van der Waals surface area contributed by atoms with Gasteiger partial charge in [-0.15, -0.1) is 0 Å². The minimum atomic E-state index is -4.04. The van der Waals surface area contributed by atoms with Crippen LogP contribution in [0.4, 0.5) is 4.39 Å². The number of halogens is 2. The molecule has 0 aliphatic carbocycles. The van der Waals surface area contributed by atoms with Crippen molar-refractivity contribution in [1.82, 2.24) is 9.62 Å². The lowest BCUT2D eigenvalue weighted by molar-refractivity contribution is -0.122. The quantitative estimate of drug-likeness (QED) is 0.458. The first kappa shape index (κ1) is 24.1. The lowest BCUT2D eigenvalue weighted by Gasteiger charge is -2.23. The van der Waals surface area contributed by atoms with E-state index in [4.69, 9.17) is 0 Å². The van der Waals surface area contributed by atoms with E-state index in [0.717, 1.165) is 19.9 Å². The molecule has 3 aromatic rings. The second-order valence-electron chi connectivity index (χ2n) is 7.52. The van der Waals surface area contributed by atoms with E-state index < -0.39 is 28.3 Å². The fraction of sp³-hybridized carbons (Fsp3) is 0.208. The van der Waals surface area contributed by atoms with Crippen LogP contribution in [0, 0.1) is 12.7 Å². The third kappa shape index (κ3) is 6.03. The summed E-state index contributed by atoms with van der Waals surface area (Å²) >= 11 is 3.40. The van der Waals surface area contributed by atoms with Crippen molar-refractivity contribution in [2.75, 3.05) is 6.54 Å². The molecule has 1 amide bonds. The molecule has 3 aromatic carbocycles. The predicted octanol–water partition coefficient (Wildman–Crippen LogP) is 4.96. The largest absolute Gasteiger partial charge is 0.348 e. The molecular formula is C24H24BrFN2O3S. The molecular weight excluding hydrogens is 495 g/mol. The Hall–Kier alpha value is -2.55. The van der Waals surface area contributed by atoms with Gasteiger partial charge in [0.15, 0.2) is 0 Å². The van der Waals surface area contributed by atoms with Crippen LogP contribution >= 0.6 is 15.9 Å². The lowest BCUT2D eigenvalue weighted by Crippen LogP contribution is -2.41. The summed E-state index contributed by atoms with van der Waals surface area (Å²) in [5.41, 5.74) is 1.97. The maximum absolute atomic E-state index is 14.3. The summed E-state index contributed by atoms with van der Waals surface area (Å²) in [7, 11) is -4.04. The third-order valence-corrected chi connectivity index (χ3v) is 7.31. The topological polar surface area (TPSA) is 66.5 Å². The molecule has 0 bridgehead atoms. The number of hydrogen-bond donors (Lipinski definition) is 1. The summed E-state index contributed by atoms with van der Waals surface area (Å²) in [6.07, 6.45) is 0. The van der Waals surface area contributed by atoms with Crippen molar-refractivity contribution in [3.63, 3.8) is 0 Å². The van der Waals surface area contributed by atoms with Crippen molar-refractivity contribution in [2.24, 2.45) is 0 Å². The van der Waals surface area contributed by atoms with Crippen LogP contribution in [-0.4, -0.2) is 25.2 Å². The molecule has 8 heteroatoms. The van der Waals surface area contributed by atoms with E-state index in [1.807, 2.05) is 38.1 Å². The highest BCUT2D eigenvalue weighted by Gasteiger charge is 2.28. The van der Waals surface area contributed by atoms with Crippen LogP contribution in [0.15, 0.2) is 82.2 Å². The van der Waals surface area contributed by atoms with E-state index in [1.165, 1.54) is 30.3 Å². The van der Waals surface area contributed by atoms with Gasteiger partial charge < -0.3 is 5.32 Å². The van der Waals surface area contributed by atoms with Gasteiger partial charge in [-0.05, 0) is 49.7 Å². The highest BCUT2D eigenvalue weighted by atomic mass is 79.9. The zero-order chi connectivity index (χ0) is 23.3. The Morgan fingerprint density at radius 3 is 2.41 bits per heavy atom. The van der Waals surface area contributed by atoms with Crippen LogP contribution in [0.5, 0.6) is 0 Å². The SMILES string of the molecule is Cc1ccc(S(=O)(=O)N(CC(=O)N[C@@H](C)c2cccc(Br)c2)Cc2ccccc2F)cc1. The highest BCUT2D eigenvalue weighted by Crippen LogP contribution is 2.21. The molecule has 0 saturated carbocycles. The minimum Gasteiger partial charge on any atom is -0.348 e. The number of rotatable bonds is 8. The normalized spacial score (nSPS) is 12.5. The Labute approximate surface area is 196 Å². The minimum absolute atomic E-state index is 0.0484. The van der Waals surface area contributed by atoms with E-state index in [-0.39, 0.29) is 23.0 Å². The number of aryl methyl sites for hydroxylation is 1. The maximum Gasteiger partial charge on any atom is 0.243 e. The Bertz CT molecular complexity index is 1200. The summed E-state index contributed by atoms with van der Waals surface area (Å²) in [4.78, 5) is 12.9. The number of nitrogens with zero attached hydrogens (tertiary/aromatic N) is 1. The predicted molar refractivity (Wildman–Crippen MR) is 126 cm³/mol. The number of carbonyl (C=O) groups is 1. The number of carbonyl (C=O) groups excluding carboxylic acids is 1. The molecule has 0 saturated heterocycles. The number of amides is 1. The van der Waals surface area contributed by atoms with Crippen LogP contribution in [0.3, 0.4) is 0 Å². The first-order chi connectivity index (χ1) is 15.2. The Morgan fingerprint density at radius 1 is 1.06 bits per heavy atom. The molecule has 0 unspecified atom stereocenters. The molecule has 0 fully saturated rings. The zero-order valence-corrected chi connectivity index (χ0v) is 20.2. The van der Waals surface area contributed by atoms with Gasteiger partial charge in [-0.1, -0.05) is 64.0 Å². The van der Waals surface area contributed by atoms with Crippen LogP contribution in [0.25, 0.3) is 0 Å². The fourth-order valence-corrected chi connectivity index (χ4v) is 5.00. The van der Waals surface area contributed by atoms with Crippen LogP contribution in [0.1, 0.15) is 29.7 Å². The number of benzene rings is 3. The van der Waals surface area contributed by atoms with Gasteiger partial charge in [0.1, 0.15) is 5.82 Å². The second kappa shape index (κ2) is 10.4. The summed E-state index contributed by atoms with van der Waals surface area (Å²) in [5.74, 6) is -1.01. The van der Waals surface area contributed by atoms with Gasteiger partial charge in [-0.3, -0.25) is 4.79 Å². The van der Waals surface area contributed by atoms with Gasteiger partial charge in [0.25, 0.3) is 0 Å². The van der Waals surface area contributed by atoms with Crippen molar-refractivity contribution in [2.45, 2.75) is 31.3 Å². The van der Waals surface area contributed by atoms with E-state index in [0.29, 0.717) is 0 Å². The van der Waals surface area contributed by atoms with Gasteiger partial charge in [-0.2, -0.15) is 4.31 Å². The van der Waals surface area contributed by atoms with Gasteiger partial charge in [0.05, 0.1) is 17.5 Å². The second-order valence-corrected chi connectivity index (χ2v) is 10.4. The Balaban J connectivity index is 1.85. The first-order valence-electron chi connectivity index (χ1n) is 10.0. The van der Waals surface area contributed by atoms with Gasteiger partial charge in [0, 0.05) is 16.6 Å². The molecule has 0 aliphatic rings. The van der Waals surface area contributed by atoms with Crippen LogP contribution < -0.4 is 5.32 Å². The standard InChI is InChI=1S/C24H24BrFN2O3S/c1-17-10-12-22(13-11-17)32(30,31)28(15-20-6-3-4-9-23(20)26)16-24(29)27-18(2)19-7-5-8-21(25)14-19/h3-14,18H,15-16H2,1-2H3,(H,27,29)/t18-/m0/s1. The Kier molecular flexibility index (Phi) is 7.82. The van der Waals surface area contributed by atoms with Crippen molar-refractivity contribution < 1.29 is 17.6 Å². The van der Waals surface area contributed by atoms with Crippen LogP contribution in [0.2, 0.25) is 0 Å². The maximum atomic E-state index is 14.3. The molecule has 3 rings (SSSR count). The van der Waals surface area contributed by atoms with E-state index in [2.05, 4.69) is 21.2 Å². The third-order valence-electron chi connectivity index (χ3n) is 5.01. The molecule has 1 N–H and O–H groups in total. The molecule has 5 nitrogen and oxygen atoms in total. The molecule has 168 valence electrons. The molecule has 0 aromatic heterocycles. The average Bonchev–Trinajstić information content (AvgIpc) is 2.75. The van der Waals surface area contributed by atoms with E-state index in [1.54, 1.807) is 18.2 Å². The van der Waals surface area contributed by atoms with Crippen molar-refractivity contribution in [3.8, 4) is 0 Å². The summed E-state index contributed by atoms with van der Waals surface area (Å²) in [6.45, 7) is 2.96. The molecule has 1 atom stereocenters. The van der Waals surface area contributed by atoms with Crippen molar-refractivity contribution >= 4 is 31.9 Å². The number of nitrogens with one attached hydrogen (secondary N) is 1. The fourth-order valence-electron chi connectivity index (χ4n) is 3.21. The summed E-state index contributed by atoms with van der Waals surface area (Å²) in [5, 5.41) is 2.83. The van der Waals surface area contributed by atoms with E-state index >= 15 is 0 Å². The van der Waals surface area contributed by atoms with Gasteiger partial charge in [0.2, 0.25) is 15.9 Å². The van der Waals surface area contributed by atoms with Crippen LogP contribution in [-0.2, 0) is 21.4 Å². The smallest absolute Gasteiger partial charge is 0.243 e.